The standard InChI is InChI=1S/C37H71NO2/c1-3-5-7-9-11-13-15-17-19-21-23-25-27-29-31-33-35-37(40)38-36(39)34-32-30-28-26-24-22-20-18-16-14-12-10-8-6-4-2/h3H,1,4-35H2,2H3,(H,38,39,40). The van der Waals surface area contributed by atoms with Gasteiger partial charge < -0.3 is 0 Å². The SMILES string of the molecule is C=CCCCCCCCCCCCCCCCCC(=O)NC(=O)CCCCCCCCCCCCCCCCC. The Balaban J connectivity index is 3.27. The molecule has 0 atom stereocenters. The number of imide groups is 1. The molecule has 0 aliphatic carbocycles. The molecule has 0 spiro atoms. The van der Waals surface area contributed by atoms with Gasteiger partial charge in [0.15, 0.2) is 0 Å². The molecule has 2 amide bonds. The molecule has 3 nitrogen and oxygen atoms in total. The molecule has 0 aliphatic rings. The summed E-state index contributed by atoms with van der Waals surface area (Å²) in [5, 5.41) is 2.60. The van der Waals surface area contributed by atoms with E-state index in [9.17, 15) is 9.59 Å². The van der Waals surface area contributed by atoms with Gasteiger partial charge in [-0.1, -0.05) is 180 Å². The summed E-state index contributed by atoms with van der Waals surface area (Å²) in [6.45, 7) is 6.06. The zero-order chi connectivity index (χ0) is 29.2. The normalized spacial score (nSPS) is 11.1. The Labute approximate surface area is 251 Å². The van der Waals surface area contributed by atoms with Crippen molar-refractivity contribution < 1.29 is 9.59 Å². The lowest BCUT2D eigenvalue weighted by molar-refractivity contribution is -0.130. The average molecular weight is 562 g/mol. The van der Waals surface area contributed by atoms with E-state index in [-0.39, 0.29) is 11.8 Å². The Kier molecular flexibility index (Phi) is 33.1. The summed E-state index contributed by atoms with van der Waals surface area (Å²) >= 11 is 0. The van der Waals surface area contributed by atoms with Crippen molar-refractivity contribution in [3.05, 3.63) is 12.7 Å². The fourth-order valence-electron chi connectivity index (χ4n) is 5.63. The molecule has 0 radical (unpaired) electrons. The molecule has 0 aromatic rings. The van der Waals surface area contributed by atoms with Crippen molar-refractivity contribution in [2.75, 3.05) is 0 Å². The van der Waals surface area contributed by atoms with Gasteiger partial charge in [0, 0.05) is 12.8 Å². The van der Waals surface area contributed by atoms with Crippen molar-refractivity contribution in [2.45, 2.75) is 212 Å². The largest absolute Gasteiger partial charge is 0.296 e. The predicted molar refractivity (Wildman–Crippen MR) is 177 cm³/mol. The van der Waals surface area contributed by atoms with Gasteiger partial charge in [0.2, 0.25) is 11.8 Å². The zero-order valence-corrected chi connectivity index (χ0v) is 27.2. The van der Waals surface area contributed by atoms with Crippen molar-refractivity contribution in [2.24, 2.45) is 0 Å². The van der Waals surface area contributed by atoms with Gasteiger partial charge in [-0.15, -0.1) is 6.58 Å². The average Bonchev–Trinajstić information content (AvgIpc) is 2.94. The van der Waals surface area contributed by atoms with Gasteiger partial charge in [-0.05, 0) is 25.7 Å². The highest BCUT2D eigenvalue weighted by atomic mass is 16.2. The van der Waals surface area contributed by atoms with Crippen molar-refractivity contribution in [3.63, 3.8) is 0 Å². The maximum absolute atomic E-state index is 12.0. The first-order valence-electron chi connectivity index (χ1n) is 18.1. The molecule has 0 aromatic heterocycles. The van der Waals surface area contributed by atoms with E-state index in [1.165, 1.54) is 167 Å². The molecule has 0 unspecified atom stereocenters. The second-order valence-electron chi connectivity index (χ2n) is 12.4. The van der Waals surface area contributed by atoms with Crippen LogP contribution in [0.5, 0.6) is 0 Å². The second-order valence-corrected chi connectivity index (χ2v) is 12.4. The maximum Gasteiger partial charge on any atom is 0.226 e. The zero-order valence-electron chi connectivity index (χ0n) is 27.2. The number of carbonyl (C=O) groups is 2. The molecule has 0 saturated heterocycles. The van der Waals surface area contributed by atoms with Crippen LogP contribution < -0.4 is 5.32 Å². The van der Waals surface area contributed by atoms with E-state index in [0.29, 0.717) is 12.8 Å². The minimum atomic E-state index is -0.0772. The lowest BCUT2D eigenvalue weighted by atomic mass is 10.0. The van der Waals surface area contributed by atoms with Gasteiger partial charge in [0.05, 0.1) is 0 Å². The van der Waals surface area contributed by atoms with Crippen molar-refractivity contribution in [3.8, 4) is 0 Å². The fourth-order valence-corrected chi connectivity index (χ4v) is 5.63. The number of unbranched alkanes of at least 4 members (excludes halogenated alkanes) is 28. The minimum Gasteiger partial charge on any atom is -0.296 e. The smallest absolute Gasteiger partial charge is 0.226 e. The van der Waals surface area contributed by atoms with Crippen molar-refractivity contribution >= 4 is 11.8 Å². The first-order chi connectivity index (χ1) is 19.7. The topological polar surface area (TPSA) is 46.2 Å². The molecule has 3 heteroatoms. The van der Waals surface area contributed by atoms with Crippen LogP contribution in [-0.4, -0.2) is 11.8 Å². The first kappa shape index (κ1) is 38.9. The summed E-state index contributed by atoms with van der Waals surface area (Å²) < 4.78 is 0. The van der Waals surface area contributed by atoms with Gasteiger partial charge in [-0.25, -0.2) is 0 Å². The van der Waals surface area contributed by atoms with E-state index in [2.05, 4.69) is 18.8 Å². The summed E-state index contributed by atoms with van der Waals surface area (Å²) in [5.41, 5.74) is 0. The summed E-state index contributed by atoms with van der Waals surface area (Å²) in [6, 6.07) is 0. The first-order valence-corrected chi connectivity index (χ1v) is 18.1. The highest BCUT2D eigenvalue weighted by Gasteiger charge is 2.07. The van der Waals surface area contributed by atoms with Gasteiger partial charge in [-0.2, -0.15) is 0 Å². The van der Waals surface area contributed by atoms with Crippen LogP contribution in [0.3, 0.4) is 0 Å². The van der Waals surface area contributed by atoms with E-state index in [1.807, 2.05) is 6.08 Å². The third-order valence-electron chi connectivity index (χ3n) is 8.35. The third kappa shape index (κ3) is 33.1. The van der Waals surface area contributed by atoms with Gasteiger partial charge in [0.25, 0.3) is 0 Å². The van der Waals surface area contributed by atoms with Gasteiger partial charge >= 0.3 is 0 Å². The molecule has 1 N–H and O–H groups in total. The molecule has 0 saturated carbocycles. The number of nitrogens with one attached hydrogen (secondary N) is 1. The van der Waals surface area contributed by atoms with E-state index in [1.54, 1.807) is 0 Å². The molecule has 0 aliphatic heterocycles. The van der Waals surface area contributed by atoms with Crippen LogP contribution in [0.25, 0.3) is 0 Å². The van der Waals surface area contributed by atoms with Crippen LogP contribution >= 0.6 is 0 Å². The summed E-state index contributed by atoms with van der Waals surface area (Å²) in [7, 11) is 0. The van der Waals surface area contributed by atoms with Crippen LogP contribution in [-0.2, 0) is 9.59 Å². The van der Waals surface area contributed by atoms with Crippen molar-refractivity contribution in [1.29, 1.82) is 0 Å². The predicted octanol–water partition coefficient (Wildman–Crippen LogP) is 12.3. The number of allylic oxidation sites excluding steroid dienone is 1. The second kappa shape index (κ2) is 34.1. The highest BCUT2D eigenvalue weighted by Crippen LogP contribution is 2.15. The maximum atomic E-state index is 12.0. The minimum absolute atomic E-state index is 0.0765. The van der Waals surface area contributed by atoms with Crippen LogP contribution in [0.15, 0.2) is 12.7 Å². The molecule has 0 fully saturated rings. The molecule has 0 bridgehead atoms. The Morgan fingerprint density at radius 2 is 0.675 bits per heavy atom. The van der Waals surface area contributed by atoms with Crippen LogP contribution in [0, 0.1) is 0 Å². The van der Waals surface area contributed by atoms with Crippen LogP contribution in [0.2, 0.25) is 0 Å². The summed E-state index contributed by atoms with van der Waals surface area (Å²) in [5.74, 6) is -0.154. The van der Waals surface area contributed by atoms with E-state index in [4.69, 9.17) is 0 Å². The Morgan fingerprint density at radius 3 is 0.950 bits per heavy atom. The van der Waals surface area contributed by atoms with Crippen LogP contribution in [0.4, 0.5) is 0 Å². The van der Waals surface area contributed by atoms with Gasteiger partial charge in [-0.3, -0.25) is 14.9 Å². The summed E-state index contributed by atoms with van der Waals surface area (Å²) in [6.07, 6.45) is 42.3. The van der Waals surface area contributed by atoms with Crippen LogP contribution in [0.1, 0.15) is 212 Å². The highest BCUT2D eigenvalue weighted by molar-refractivity contribution is 5.95. The third-order valence-corrected chi connectivity index (χ3v) is 8.35. The molecule has 236 valence electrons. The number of hydrogen-bond acceptors (Lipinski definition) is 2. The fraction of sp³-hybridized carbons (Fsp3) is 0.892. The number of hydrogen-bond donors (Lipinski definition) is 1. The molecular formula is C37H71NO2. The molecule has 40 heavy (non-hydrogen) atoms. The summed E-state index contributed by atoms with van der Waals surface area (Å²) in [4.78, 5) is 24.0. The molecule has 0 heterocycles. The monoisotopic (exact) mass is 562 g/mol. The number of amides is 2. The number of carbonyl (C=O) groups excluding carboxylic acids is 2. The number of rotatable bonds is 33. The lowest BCUT2D eigenvalue weighted by Gasteiger charge is -2.05. The molecule has 0 aromatic carbocycles. The lowest BCUT2D eigenvalue weighted by Crippen LogP contribution is -2.29. The van der Waals surface area contributed by atoms with Crippen molar-refractivity contribution in [1.82, 2.24) is 5.32 Å². The Morgan fingerprint density at radius 1 is 0.425 bits per heavy atom. The molecular weight excluding hydrogens is 490 g/mol. The van der Waals surface area contributed by atoms with Gasteiger partial charge in [0.1, 0.15) is 0 Å². The molecule has 0 rings (SSSR count). The Hall–Kier alpha value is -1.12. The van der Waals surface area contributed by atoms with E-state index in [0.717, 1.165) is 25.7 Å². The Bertz CT molecular complexity index is 544. The van der Waals surface area contributed by atoms with E-state index < -0.39 is 0 Å². The van der Waals surface area contributed by atoms with E-state index >= 15 is 0 Å². The quantitative estimate of drug-likeness (QED) is 0.0639.